The fraction of sp³-hybridized carbons (Fsp3) is 0.111. The number of anilines is 1. The third kappa shape index (κ3) is 5.32. The van der Waals surface area contributed by atoms with Gasteiger partial charge in [0, 0.05) is 11.8 Å². The lowest BCUT2D eigenvalue weighted by Gasteiger charge is -2.12. The molecule has 0 aliphatic heterocycles. The highest BCUT2D eigenvalue weighted by Gasteiger charge is 2.20. The second-order valence-corrected chi connectivity index (χ2v) is 5.87. The van der Waals surface area contributed by atoms with Crippen LogP contribution in [0.1, 0.15) is 31.1 Å². The fourth-order valence-corrected chi connectivity index (χ4v) is 2.54. The van der Waals surface area contributed by atoms with Crippen molar-refractivity contribution in [3.63, 3.8) is 0 Å². The molecule has 0 saturated carbocycles. The molecule has 0 radical (unpaired) electrons. The van der Waals surface area contributed by atoms with Crippen molar-refractivity contribution in [3.05, 3.63) is 69.3 Å². The van der Waals surface area contributed by atoms with E-state index in [4.69, 9.17) is 12.2 Å². The summed E-state index contributed by atoms with van der Waals surface area (Å²) in [5, 5.41) is 15.8. The van der Waals surface area contributed by atoms with Gasteiger partial charge < -0.3 is 14.8 Å². The lowest BCUT2D eigenvalue weighted by molar-refractivity contribution is -0.385. The second-order valence-electron chi connectivity index (χ2n) is 5.46. The van der Waals surface area contributed by atoms with Gasteiger partial charge in [-0.1, -0.05) is 12.1 Å². The molecule has 2 N–H and O–H groups in total. The minimum atomic E-state index is -0.799. The number of amides is 1. The molecule has 10 nitrogen and oxygen atoms in total. The van der Waals surface area contributed by atoms with Crippen LogP contribution in [0.2, 0.25) is 0 Å². The van der Waals surface area contributed by atoms with Crippen LogP contribution in [0.15, 0.2) is 42.5 Å². The number of ether oxygens (including phenoxy) is 2. The summed E-state index contributed by atoms with van der Waals surface area (Å²) in [5.74, 6) is -2.20. The van der Waals surface area contributed by atoms with Crippen LogP contribution in [0.3, 0.4) is 0 Å². The van der Waals surface area contributed by atoms with Gasteiger partial charge in [0.2, 0.25) is 0 Å². The number of esters is 2. The quantitative estimate of drug-likeness (QED) is 0.325. The highest BCUT2D eigenvalue weighted by atomic mass is 32.1. The summed E-state index contributed by atoms with van der Waals surface area (Å²) in [6.07, 6.45) is 0. The number of rotatable bonds is 5. The number of nitro groups is 1. The number of methoxy groups -OCH3 is 2. The first-order chi connectivity index (χ1) is 13.8. The normalized spacial score (nSPS) is 9.86. The van der Waals surface area contributed by atoms with Gasteiger partial charge in [0.25, 0.3) is 11.6 Å². The number of nitro benzene ring substituents is 1. The molecule has 0 fully saturated rings. The molecule has 0 saturated heterocycles. The van der Waals surface area contributed by atoms with E-state index in [-0.39, 0.29) is 33.2 Å². The van der Waals surface area contributed by atoms with Crippen molar-refractivity contribution in [2.24, 2.45) is 0 Å². The Kier molecular flexibility index (Phi) is 6.93. The summed E-state index contributed by atoms with van der Waals surface area (Å²) in [6.45, 7) is 0. The largest absolute Gasteiger partial charge is 0.465 e. The van der Waals surface area contributed by atoms with Crippen molar-refractivity contribution >= 4 is 46.6 Å². The molecule has 0 atom stereocenters. The summed E-state index contributed by atoms with van der Waals surface area (Å²) in [6, 6.07) is 9.34. The van der Waals surface area contributed by atoms with E-state index in [1.807, 2.05) is 0 Å². The Morgan fingerprint density at radius 3 is 2.07 bits per heavy atom. The number of hydrogen-bond donors (Lipinski definition) is 2. The number of carbonyl (C=O) groups excluding carboxylic acids is 3. The average molecular weight is 417 g/mol. The topological polar surface area (TPSA) is 137 Å². The van der Waals surface area contributed by atoms with Crippen LogP contribution < -0.4 is 10.6 Å². The smallest absolute Gasteiger partial charge is 0.337 e. The highest BCUT2D eigenvalue weighted by molar-refractivity contribution is 7.80. The highest BCUT2D eigenvalue weighted by Crippen LogP contribution is 2.19. The van der Waals surface area contributed by atoms with E-state index in [0.29, 0.717) is 0 Å². The summed E-state index contributed by atoms with van der Waals surface area (Å²) in [5.41, 5.74) is -0.272. The van der Waals surface area contributed by atoms with Crippen LogP contribution in [0.5, 0.6) is 0 Å². The lowest BCUT2D eigenvalue weighted by atomic mass is 10.1. The molecule has 2 rings (SSSR count). The molecular formula is C18H15N3O7S. The lowest BCUT2D eigenvalue weighted by Crippen LogP contribution is -2.34. The molecule has 29 heavy (non-hydrogen) atoms. The van der Waals surface area contributed by atoms with E-state index < -0.39 is 22.8 Å². The first-order valence-corrected chi connectivity index (χ1v) is 8.35. The predicted molar refractivity (Wildman–Crippen MR) is 106 cm³/mol. The Hall–Kier alpha value is -3.86. The summed E-state index contributed by atoms with van der Waals surface area (Å²) in [7, 11) is 2.36. The zero-order chi connectivity index (χ0) is 21.6. The minimum Gasteiger partial charge on any atom is -0.465 e. The number of nitrogens with zero attached hydrogens (tertiary/aromatic N) is 1. The molecule has 11 heteroatoms. The van der Waals surface area contributed by atoms with Crippen LogP contribution in [-0.4, -0.2) is 42.1 Å². The van der Waals surface area contributed by atoms with Gasteiger partial charge in [-0.15, -0.1) is 0 Å². The van der Waals surface area contributed by atoms with Gasteiger partial charge in [0.15, 0.2) is 5.11 Å². The van der Waals surface area contributed by atoms with Gasteiger partial charge >= 0.3 is 11.9 Å². The molecule has 150 valence electrons. The molecule has 0 aromatic heterocycles. The van der Waals surface area contributed by atoms with E-state index in [1.165, 1.54) is 56.7 Å². The van der Waals surface area contributed by atoms with Gasteiger partial charge in [0.05, 0.1) is 30.3 Å². The first kappa shape index (κ1) is 21.4. The molecule has 0 unspecified atom stereocenters. The van der Waals surface area contributed by atoms with Gasteiger partial charge in [0.1, 0.15) is 5.56 Å². The first-order valence-electron chi connectivity index (χ1n) is 7.94. The van der Waals surface area contributed by atoms with E-state index in [9.17, 15) is 24.5 Å². The Labute approximate surface area is 170 Å². The number of benzene rings is 2. The summed E-state index contributed by atoms with van der Waals surface area (Å²) >= 11 is 5.05. The molecule has 2 aromatic rings. The number of carbonyl (C=O) groups is 3. The van der Waals surface area contributed by atoms with E-state index in [1.54, 1.807) is 0 Å². The van der Waals surface area contributed by atoms with Crippen molar-refractivity contribution in [3.8, 4) is 0 Å². The van der Waals surface area contributed by atoms with Gasteiger partial charge in [-0.3, -0.25) is 20.2 Å². The Morgan fingerprint density at radius 2 is 1.55 bits per heavy atom. The van der Waals surface area contributed by atoms with Crippen molar-refractivity contribution in [1.82, 2.24) is 5.32 Å². The van der Waals surface area contributed by atoms with E-state index in [2.05, 4.69) is 20.1 Å². The molecule has 0 bridgehead atoms. The fourth-order valence-electron chi connectivity index (χ4n) is 2.33. The monoisotopic (exact) mass is 417 g/mol. The third-order valence-electron chi connectivity index (χ3n) is 3.61. The molecule has 0 aliphatic carbocycles. The molecule has 2 aromatic carbocycles. The van der Waals surface area contributed by atoms with Gasteiger partial charge in [-0.05, 0) is 36.5 Å². The van der Waals surface area contributed by atoms with Crippen molar-refractivity contribution in [1.29, 1.82) is 0 Å². The van der Waals surface area contributed by atoms with Crippen LogP contribution in [-0.2, 0) is 9.47 Å². The maximum absolute atomic E-state index is 12.3. The molecule has 0 heterocycles. The molecule has 0 spiro atoms. The second kappa shape index (κ2) is 9.37. The summed E-state index contributed by atoms with van der Waals surface area (Å²) < 4.78 is 9.27. The summed E-state index contributed by atoms with van der Waals surface area (Å²) in [4.78, 5) is 46.3. The van der Waals surface area contributed by atoms with Crippen LogP contribution in [0.4, 0.5) is 11.4 Å². The Morgan fingerprint density at radius 1 is 1.00 bits per heavy atom. The minimum absolute atomic E-state index is 0.0470. The predicted octanol–water partition coefficient (Wildman–Crippen LogP) is 2.29. The Bertz CT molecular complexity index is 972. The maximum Gasteiger partial charge on any atom is 0.337 e. The van der Waals surface area contributed by atoms with Gasteiger partial charge in [-0.25, -0.2) is 9.59 Å². The van der Waals surface area contributed by atoms with Crippen LogP contribution >= 0.6 is 12.2 Å². The zero-order valence-electron chi connectivity index (χ0n) is 15.3. The van der Waals surface area contributed by atoms with Crippen LogP contribution in [0.25, 0.3) is 0 Å². The molecule has 1 amide bonds. The third-order valence-corrected chi connectivity index (χ3v) is 3.81. The van der Waals surface area contributed by atoms with Crippen molar-refractivity contribution in [2.45, 2.75) is 0 Å². The Balaban J connectivity index is 2.24. The SMILES string of the molecule is COC(=O)c1cc(NC(=S)NC(=O)c2ccccc2[N+](=O)[O-])cc(C(=O)OC)c1. The van der Waals surface area contributed by atoms with Crippen LogP contribution in [0, 0.1) is 10.1 Å². The average Bonchev–Trinajstić information content (AvgIpc) is 2.71. The number of thiocarbonyl (C=S) groups is 1. The maximum atomic E-state index is 12.3. The van der Waals surface area contributed by atoms with Gasteiger partial charge in [-0.2, -0.15) is 0 Å². The van der Waals surface area contributed by atoms with Crippen molar-refractivity contribution < 1.29 is 28.8 Å². The standard InChI is InChI=1S/C18H15N3O7S/c1-27-16(23)10-7-11(17(24)28-2)9-12(8-10)19-18(29)20-15(22)13-5-3-4-6-14(13)21(25)26/h3-9H,1-2H3,(H2,19,20,22,29). The number of para-hydroxylation sites is 1. The zero-order valence-corrected chi connectivity index (χ0v) is 16.1. The number of hydrogen-bond acceptors (Lipinski definition) is 8. The molecule has 0 aliphatic rings. The van der Waals surface area contributed by atoms with E-state index in [0.717, 1.165) is 0 Å². The van der Waals surface area contributed by atoms with Crippen molar-refractivity contribution in [2.75, 3.05) is 19.5 Å². The molecular weight excluding hydrogens is 402 g/mol. The van der Waals surface area contributed by atoms with E-state index >= 15 is 0 Å². The number of nitrogens with one attached hydrogen (secondary N) is 2.